The SMILES string of the molecule is CCNCC[C@H]1Cc2cc(Nc3cc(Cl)ccc3OC)cc(C#N)c2N1C. The molecule has 2 aromatic carbocycles. The van der Waals surface area contributed by atoms with Crippen molar-refractivity contribution in [3.63, 3.8) is 0 Å². The maximum absolute atomic E-state index is 9.69. The molecule has 2 aromatic rings. The number of nitrogens with one attached hydrogen (secondary N) is 2. The average Bonchev–Trinajstić information content (AvgIpc) is 2.97. The highest BCUT2D eigenvalue weighted by atomic mass is 35.5. The molecule has 0 bridgehead atoms. The Morgan fingerprint density at radius 3 is 2.85 bits per heavy atom. The van der Waals surface area contributed by atoms with Crippen molar-refractivity contribution in [3.8, 4) is 11.8 Å². The predicted octanol–water partition coefficient (Wildman–Crippen LogP) is 4.32. The third-order valence-electron chi connectivity index (χ3n) is 5.01. The first-order chi connectivity index (χ1) is 13.1. The molecule has 0 aromatic heterocycles. The molecule has 1 aliphatic rings. The van der Waals surface area contributed by atoms with E-state index < -0.39 is 0 Å². The lowest BCUT2D eigenvalue weighted by Crippen LogP contribution is -2.31. The summed E-state index contributed by atoms with van der Waals surface area (Å²) in [6.45, 7) is 4.07. The minimum Gasteiger partial charge on any atom is -0.495 e. The van der Waals surface area contributed by atoms with E-state index in [1.807, 2.05) is 18.2 Å². The summed E-state index contributed by atoms with van der Waals surface area (Å²) in [5.74, 6) is 0.707. The fourth-order valence-corrected chi connectivity index (χ4v) is 3.84. The Morgan fingerprint density at radius 2 is 2.15 bits per heavy atom. The van der Waals surface area contributed by atoms with E-state index in [-0.39, 0.29) is 0 Å². The Hall–Kier alpha value is -2.42. The van der Waals surface area contributed by atoms with Crippen molar-refractivity contribution in [1.82, 2.24) is 5.32 Å². The molecule has 0 aliphatic carbocycles. The maximum atomic E-state index is 9.69. The molecule has 0 spiro atoms. The molecule has 0 amide bonds. The lowest BCUT2D eigenvalue weighted by molar-refractivity contribution is 0.417. The predicted molar refractivity (Wildman–Crippen MR) is 111 cm³/mol. The van der Waals surface area contributed by atoms with E-state index >= 15 is 0 Å². The van der Waals surface area contributed by atoms with Gasteiger partial charge in [0, 0.05) is 23.8 Å². The van der Waals surface area contributed by atoms with Gasteiger partial charge in [0.25, 0.3) is 0 Å². The number of halogens is 1. The first-order valence-electron chi connectivity index (χ1n) is 9.18. The molecule has 0 saturated carbocycles. The van der Waals surface area contributed by atoms with Crippen LogP contribution in [0.1, 0.15) is 24.5 Å². The maximum Gasteiger partial charge on any atom is 0.142 e. The summed E-state index contributed by atoms with van der Waals surface area (Å²) in [5, 5.41) is 17.1. The number of ether oxygens (including phenoxy) is 1. The quantitative estimate of drug-likeness (QED) is 0.696. The van der Waals surface area contributed by atoms with Crippen LogP contribution in [0.3, 0.4) is 0 Å². The van der Waals surface area contributed by atoms with Gasteiger partial charge in [-0.2, -0.15) is 5.26 Å². The highest BCUT2D eigenvalue weighted by Crippen LogP contribution is 2.39. The van der Waals surface area contributed by atoms with E-state index in [9.17, 15) is 5.26 Å². The van der Waals surface area contributed by atoms with Crippen LogP contribution in [0.25, 0.3) is 0 Å². The van der Waals surface area contributed by atoms with Gasteiger partial charge in [0.1, 0.15) is 11.8 Å². The highest BCUT2D eigenvalue weighted by molar-refractivity contribution is 6.31. The Kier molecular flexibility index (Phi) is 6.10. The molecule has 1 aliphatic heterocycles. The minimum absolute atomic E-state index is 0.405. The molecule has 0 fully saturated rings. The second-order valence-corrected chi connectivity index (χ2v) is 7.16. The second kappa shape index (κ2) is 8.51. The first-order valence-corrected chi connectivity index (χ1v) is 9.56. The smallest absolute Gasteiger partial charge is 0.142 e. The van der Waals surface area contributed by atoms with Crippen molar-refractivity contribution in [3.05, 3.63) is 46.5 Å². The molecular formula is C21H25ClN4O. The van der Waals surface area contributed by atoms with Crippen molar-refractivity contribution < 1.29 is 4.74 Å². The molecule has 27 heavy (non-hydrogen) atoms. The van der Waals surface area contributed by atoms with Gasteiger partial charge in [-0.1, -0.05) is 18.5 Å². The molecule has 0 radical (unpaired) electrons. The molecular weight excluding hydrogens is 360 g/mol. The number of nitrogens with zero attached hydrogens (tertiary/aromatic N) is 2. The number of anilines is 3. The molecule has 6 heteroatoms. The van der Waals surface area contributed by atoms with Crippen molar-refractivity contribution in [2.45, 2.75) is 25.8 Å². The molecule has 3 rings (SSSR count). The zero-order valence-corrected chi connectivity index (χ0v) is 16.7. The van der Waals surface area contributed by atoms with Crippen LogP contribution in [-0.4, -0.2) is 33.3 Å². The molecule has 1 heterocycles. The normalized spacial score (nSPS) is 15.4. The van der Waals surface area contributed by atoms with Crippen molar-refractivity contribution in [2.24, 2.45) is 0 Å². The van der Waals surface area contributed by atoms with E-state index in [4.69, 9.17) is 16.3 Å². The molecule has 0 unspecified atom stereocenters. The Morgan fingerprint density at radius 1 is 1.33 bits per heavy atom. The summed E-state index contributed by atoms with van der Waals surface area (Å²) in [7, 11) is 3.71. The Balaban J connectivity index is 1.88. The Labute approximate surface area is 165 Å². The summed E-state index contributed by atoms with van der Waals surface area (Å²) in [4.78, 5) is 2.25. The zero-order chi connectivity index (χ0) is 19.4. The van der Waals surface area contributed by atoms with Gasteiger partial charge < -0.3 is 20.3 Å². The van der Waals surface area contributed by atoms with Crippen LogP contribution in [0.2, 0.25) is 5.02 Å². The molecule has 2 N–H and O–H groups in total. The van der Waals surface area contributed by atoms with Crippen LogP contribution in [0, 0.1) is 11.3 Å². The standard InChI is InChI=1S/C21H25ClN4O/c1-4-24-8-7-18-11-14-9-17(10-15(13-23)21(14)26(18)2)25-19-12-16(22)5-6-20(19)27-3/h5-6,9-10,12,18,24-25H,4,7-8,11H2,1-3H3/t18-/m0/s1. The number of benzene rings is 2. The third-order valence-corrected chi connectivity index (χ3v) is 5.25. The van der Waals surface area contributed by atoms with Crippen LogP contribution in [0.15, 0.2) is 30.3 Å². The zero-order valence-electron chi connectivity index (χ0n) is 16.0. The minimum atomic E-state index is 0.405. The fraction of sp³-hybridized carbons (Fsp3) is 0.381. The third kappa shape index (κ3) is 4.13. The van der Waals surface area contributed by atoms with Crippen LogP contribution in [0.4, 0.5) is 17.1 Å². The molecule has 142 valence electrons. The van der Waals surface area contributed by atoms with Gasteiger partial charge in [-0.15, -0.1) is 0 Å². The summed E-state index contributed by atoms with van der Waals surface area (Å²) in [6, 6.07) is 12.2. The van der Waals surface area contributed by atoms with E-state index in [1.165, 1.54) is 5.56 Å². The second-order valence-electron chi connectivity index (χ2n) is 6.72. The Bertz CT molecular complexity index is 862. The summed E-state index contributed by atoms with van der Waals surface area (Å²) >= 11 is 6.13. The van der Waals surface area contributed by atoms with Gasteiger partial charge in [-0.3, -0.25) is 0 Å². The lowest BCUT2D eigenvalue weighted by Gasteiger charge is -2.23. The summed E-state index contributed by atoms with van der Waals surface area (Å²) in [6.07, 6.45) is 1.99. The van der Waals surface area contributed by atoms with Crippen LogP contribution in [-0.2, 0) is 6.42 Å². The lowest BCUT2D eigenvalue weighted by atomic mass is 10.0. The van der Waals surface area contributed by atoms with E-state index in [0.717, 1.165) is 43.0 Å². The van der Waals surface area contributed by atoms with Crippen LogP contribution in [0.5, 0.6) is 5.75 Å². The van der Waals surface area contributed by atoms with Crippen molar-refractivity contribution in [2.75, 3.05) is 37.5 Å². The molecule has 1 atom stereocenters. The number of nitriles is 1. The number of rotatable bonds is 7. The molecule has 0 saturated heterocycles. The topological polar surface area (TPSA) is 60.3 Å². The van der Waals surface area contributed by atoms with Gasteiger partial charge in [0.15, 0.2) is 0 Å². The number of hydrogen-bond acceptors (Lipinski definition) is 5. The number of fused-ring (bicyclic) bond motifs is 1. The largest absolute Gasteiger partial charge is 0.495 e. The summed E-state index contributed by atoms with van der Waals surface area (Å²) < 4.78 is 5.41. The van der Waals surface area contributed by atoms with Crippen molar-refractivity contribution in [1.29, 1.82) is 5.26 Å². The van der Waals surface area contributed by atoms with Crippen LogP contribution >= 0.6 is 11.6 Å². The van der Waals surface area contributed by atoms with Crippen molar-refractivity contribution >= 4 is 28.7 Å². The van der Waals surface area contributed by atoms with E-state index in [1.54, 1.807) is 13.2 Å². The van der Waals surface area contributed by atoms with Gasteiger partial charge in [-0.05, 0) is 61.8 Å². The van der Waals surface area contributed by atoms with Gasteiger partial charge in [0.2, 0.25) is 0 Å². The van der Waals surface area contributed by atoms with Gasteiger partial charge >= 0.3 is 0 Å². The van der Waals surface area contributed by atoms with E-state index in [2.05, 4.69) is 41.6 Å². The number of likely N-dealkylation sites (N-methyl/N-ethyl adjacent to an activating group) is 1. The van der Waals surface area contributed by atoms with E-state index in [0.29, 0.717) is 22.4 Å². The highest BCUT2D eigenvalue weighted by Gasteiger charge is 2.29. The first kappa shape index (κ1) is 19.3. The summed E-state index contributed by atoms with van der Waals surface area (Å²) in [5.41, 5.74) is 4.57. The van der Waals surface area contributed by atoms with Crippen LogP contribution < -0.4 is 20.3 Å². The van der Waals surface area contributed by atoms with Gasteiger partial charge in [0.05, 0.1) is 24.0 Å². The number of hydrogen-bond donors (Lipinski definition) is 2. The fourth-order valence-electron chi connectivity index (χ4n) is 3.67. The molecule has 5 nitrogen and oxygen atoms in total. The van der Waals surface area contributed by atoms with Gasteiger partial charge in [-0.25, -0.2) is 0 Å². The number of methoxy groups -OCH3 is 1. The monoisotopic (exact) mass is 384 g/mol. The average molecular weight is 385 g/mol.